The summed E-state index contributed by atoms with van der Waals surface area (Å²) < 4.78 is 4.18. The molecule has 0 amide bonds. The summed E-state index contributed by atoms with van der Waals surface area (Å²) in [5, 5.41) is 5.23. The first kappa shape index (κ1) is 9.21. The zero-order valence-electron chi connectivity index (χ0n) is 8.03. The fourth-order valence-corrected chi connectivity index (χ4v) is 1.69. The monoisotopic (exact) mass is 204 g/mol. The highest BCUT2D eigenvalue weighted by Gasteiger charge is 1.94. The van der Waals surface area contributed by atoms with Gasteiger partial charge in [0.05, 0.1) is 0 Å². The average molecular weight is 204 g/mol. The van der Waals surface area contributed by atoms with Gasteiger partial charge in [-0.1, -0.05) is 29.8 Å². The van der Waals surface area contributed by atoms with Crippen LogP contribution in [0.2, 0.25) is 0 Å². The molecule has 0 bridgehead atoms. The molecule has 0 spiro atoms. The van der Waals surface area contributed by atoms with Crippen LogP contribution in [0.25, 0.3) is 0 Å². The van der Waals surface area contributed by atoms with Gasteiger partial charge >= 0.3 is 0 Å². The van der Waals surface area contributed by atoms with Gasteiger partial charge in [-0.3, -0.25) is 0 Å². The SMILES string of the molecule is Cc1ccc(CNc2ccsn2)cc1. The molecule has 0 unspecified atom stereocenters. The molecule has 1 heterocycles. The van der Waals surface area contributed by atoms with Crippen LogP contribution in [0.4, 0.5) is 5.82 Å². The van der Waals surface area contributed by atoms with Gasteiger partial charge in [-0.05, 0) is 30.1 Å². The van der Waals surface area contributed by atoms with Gasteiger partial charge in [0, 0.05) is 11.9 Å². The molecular formula is C11H12N2S. The van der Waals surface area contributed by atoms with Crippen LogP contribution in [0.5, 0.6) is 0 Å². The fraction of sp³-hybridized carbons (Fsp3) is 0.182. The molecule has 0 radical (unpaired) electrons. The van der Waals surface area contributed by atoms with Crippen molar-refractivity contribution in [3.05, 3.63) is 46.8 Å². The van der Waals surface area contributed by atoms with Crippen LogP contribution in [0.1, 0.15) is 11.1 Å². The van der Waals surface area contributed by atoms with Crippen molar-refractivity contribution in [2.45, 2.75) is 13.5 Å². The molecule has 14 heavy (non-hydrogen) atoms. The summed E-state index contributed by atoms with van der Waals surface area (Å²) in [6, 6.07) is 10.5. The Morgan fingerprint density at radius 1 is 1.21 bits per heavy atom. The third kappa shape index (κ3) is 2.33. The van der Waals surface area contributed by atoms with E-state index in [2.05, 4.69) is 40.9 Å². The van der Waals surface area contributed by atoms with Gasteiger partial charge in [-0.15, -0.1) is 0 Å². The normalized spacial score (nSPS) is 10.1. The second-order valence-electron chi connectivity index (χ2n) is 3.22. The standard InChI is InChI=1S/C11H12N2S/c1-9-2-4-10(5-3-9)8-12-11-6-7-14-13-11/h2-7H,8H2,1H3,(H,12,13). The first-order chi connectivity index (χ1) is 6.84. The van der Waals surface area contributed by atoms with E-state index in [0.717, 1.165) is 12.4 Å². The summed E-state index contributed by atoms with van der Waals surface area (Å²) in [6.45, 7) is 2.93. The number of aryl methyl sites for hydroxylation is 1. The van der Waals surface area contributed by atoms with E-state index < -0.39 is 0 Å². The Morgan fingerprint density at radius 3 is 2.64 bits per heavy atom. The highest BCUT2D eigenvalue weighted by Crippen LogP contribution is 2.09. The third-order valence-corrected chi connectivity index (χ3v) is 2.59. The van der Waals surface area contributed by atoms with Crippen molar-refractivity contribution in [1.29, 1.82) is 0 Å². The number of anilines is 1. The molecule has 2 aromatic rings. The van der Waals surface area contributed by atoms with Crippen LogP contribution in [-0.2, 0) is 6.54 Å². The summed E-state index contributed by atoms with van der Waals surface area (Å²) in [5.74, 6) is 0.954. The number of nitrogens with one attached hydrogen (secondary N) is 1. The smallest absolute Gasteiger partial charge is 0.139 e. The van der Waals surface area contributed by atoms with E-state index in [1.54, 1.807) is 0 Å². The van der Waals surface area contributed by atoms with Crippen LogP contribution in [0.15, 0.2) is 35.7 Å². The van der Waals surface area contributed by atoms with Gasteiger partial charge in [-0.2, -0.15) is 4.37 Å². The van der Waals surface area contributed by atoms with Crippen LogP contribution in [0.3, 0.4) is 0 Å². The lowest BCUT2D eigenvalue weighted by molar-refractivity contribution is 1.13. The van der Waals surface area contributed by atoms with Crippen molar-refractivity contribution < 1.29 is 0 Å². The number of hydrogen-bond donors (Lipinski definition) is 1. The second kappa shape index (κ2) is 4.24. The molecule has 0 aliphatic carbocycles. The topological polar surface area (TPSA) is 24.9 Å². The lowest BCUT2D eigenvalue weighted by atomic mass is 10.1. The number of nitrogens with zero attached hydrogens (tertiary/aromatic N) is 1. The minimum atomic E-state index is 0.837. The second-order valence-corrected chi connectivity index (χ2v) is 3.89. The molecule has 1 aromatic heterocycles. The maximum absolute atomic E-state index is 4.18. The first-order valence-electron chi connectivity index (χ1n) is 4.54. The van der Waals surface area contributed by atoms with E-state index >= 15 is 0 Å². The highest BCUT2D eigenvalue weighted by atomic mass is 32.1. The van der Waals surface area contributed by atoms with Gasteiger partial charge in [0.15, 0.2) is 0 Å². The lowest BCUT2D eigenvalue weighted by Crippen LogP contribution is -1.98. The molecule has 0 atom stereocenters. The first-order valence-corrected chi connectivity index (χ1v) is 5.38. The molecule has 0 saturated heterocycles. The molecule has 0 aliphatic rings. The molecular weight excluding hydrogens is 192 g/mol. The Morgan fingerprint density at radius 2 is 2.00 bits per heavy atom. The van der Waals surface area contributed by atoms with Gasteiger partial charge in [0.2, 0.25) is 0 Å². The summed E-state index contributed by atoms with van der Waals surface area (Å²) in [7, 11) is 0. The number of rotatable bonds is 3. The van der Waals surface area contributed by atoms with E-state index in [9.17, 15) is 0 Å². The van der Waals surface area contributed by atoms with Crippen LogP contribution >= 0.6 is 11.5 Å². The summed E-state index contributed by atoms with van der Waals surface area (Å²) in [5.41, 5.74) is 2.58. The predicted octanol–water partition coefficient (Wildman–Crippen LogP) is 3.06. The summed E-state index contributed by atoms with van der Waals surface area (Å²) in [4.78, 5) is 0. The third-order valence-electron chi connectivity index (χ3n) is 2.03. The lowest BCUT2D eigenvalue weighted by Gasteiger charge is -2.02. The Bertz CT molecular complexity index is 378. The largest absolute Gasteiger partial charge is 0.365 e. The molecule has 0 fully saturated rings. The Kier molecular flexibility index (Phi) is 2.79. The van der Waals surface area contributed by atoms with Crippen molar-refractivity contribution in [2.24, 2.45) is 0 Å². The Hall–Kier alpha value is -1.35. The average Bonchev–Trinajstić information content (AvgIpc) is 2.70. The van der Waals surface area contributed by atoms with E-state index in [1.807, 2.05) is 11.4 Å². The van der Waals surface area contributed by atoms with Crippen LogP contribution in [-0.4, -0.2) is 4.37 Å². The molecule has 3 heteroatoms. The van der Waals surface area contributed by atoms with Crippen molar-refractivity contribution in [3.8, 4) is 0 Å². The van der Waals surface area contributed by atoms with E-state index in [0.29, 0.717) is 0 Å². The zero-order valence-corrected chi connectivity index (χ0v) is 8.84. The van der Waals surface area contributed by atoms with Gasteiger partial charge in [0.1, 0.15) is 5.82 Å². The van der Waals surface area contributed by atoms with Crippen molar-refractivity contribution in [3.63, 3.8) is 0 Å². The van der Waals surface area contributed by atoms with Crippen molar-refractivity contribution in [2.75, 3.05) is 5.32 Å². The van der Waals surface area contributed by atoms with E-state index in [1.165, 1.54) is 22.7 Å². The van der Waals surface area contributed by atoms with Crippen molar-refractivity contribution >= 4 is 17.4 Å². The molecule has 2 rings (SSSR count). The highest BCUT2D eigenvalue weighted by molar-refractivity contribution is 7.03. The molecule has 1 N–H and O–H groups in total. The fourth-order valence-electron chi connectivity index (χ4n) is 1.20. The van der Waals surface area contributed by atoms with E-state index in [-0.39, 0.29) is 0 Å². The van der Waals surface area contributed by atoms with E-state index in [4.69, 9.17) is 0 Å². The maximum atomic E-state index is 4.18. The molecule has 72 valence electrons. The molecule has 2 nitrogen and oxygen atoms in total. The summed E-state index contributed by atoms with van der Waals surface area (Å²) in [6.07, 6.45) is 0. The predicted molar refractivity (Wildman–Crippen MR) is 60.6 cm³/mol. The van der Waals surface area contributed by atoms with Crippen LogP contribution in [0, 0.1) is 6.92 Å². The van der Waals surface area contributed by atoms with Gasteiger partial charge in [-0.25, -0.2) is 0 Å². The van der Waals surface area contributed by atoms with Crippen molar-refractivity contribution in [1.82, 2.24) is 4.37 Å². The molecule has 1 aromatic carbocycles. The number of hydrogen-bond acceptors (Lipinski definition) is 3. The molecule has 0 aliphatic heterocycles. The van der Waals surface area contributed by atoms with Gasteiger partial charge in [0.25, 0.3) is 0 Å². The van der Waals surface area contributed by atoms with Gasteiger partial charge < -0.3 is 5.32 Å². The molecule has 0 saturated carbocycles. The Balaban J connectivity index is 1.95. The van der Waals surface area contributed by atoms with Crippen LogP contribution < -0.4 is 5.32 Å². The number of aromatic nitrogens is 1. The number of benzene rings is 1. The quantitative estimate of drug-likeness (QED) is 0.831. The minimum absolute atomic E-state index is 0.837. The Labute approximate surface area is 87.8 Å². The summed E-state index contributed by atoms with van der Waals surface area (Å²) >= 11 is 1.46. The zero-order chi connectivity index (χ0) is 9.80. The minimum Gasteiger partial charge on any atom is -0.365 e. The maximum Gasteiger partial charge on any atom is 0.139 e.